The van der Waals surface area contributed by atoms with Crippen LogP contribution in [0.5, 0.6) is 0 Å². The van der Waals surface area contributed by atoms with Gasteiger partial charge in [0.2, 0.25) is 0 Å². The number of nitrogens with one attached hydrogen (secondary N) is 1. The number of fused-ring (bicyclic) bond motifs is 1. The van der Waals surface area contributed by atoms with E-state index < -0.39 is 5.72 Å². The Morgan fingerprint density at radius 1 is 0.968 bits per heavy atom. The van der Waals surface area contributed by atoms with Gasteiger partial charge >= 0.3 is 5.97 Å². The van der Waals surface area contributed by atoms with E-state index in [0.717, 1.165) is 31.2 Å². The summed E-state index contributed by atoms with van der Waals surface area (Å²) in [5.74, 6) is 2.50. The average Bonchev–Trinajstić information content (AvgIpc) is 3.14. The van der Waals surface area contributed by atoms with Crippen molar-refractivity contribution in [2.24, 2.45) is 0 Å². The SMILES string of the molecule is C#CCN[C@@]1(OC(=O)CCCCCCCCCCCCCCC)CCc2ccccc21. The third kappa shape index (κ3) is 9.08. The number of carbonyl (C=O) groups is 1. The van der Waals surface area contributed by atoms with E-state index in [1.54, 1.807) is 0 Å². The van der Waals surface area contributed by atoms with E-state index in [1.807, 2.05) is 18.2 Å². The number of ether oxygens (including phenoxy) is 1. The van der Waals surface area contributed by atoms with Crippen molar-refractivity contribution in [1.82, 2.24) is 5.32 Å². The molecular weight excluding hydrogens is 382 g/mol. The Kier molecular flexibility index (Phi) is 12.4. The lowest BCUT2D eigenvalue weighted by molar-refractivity contribution is -0.165. The van der Waals surface area contributed by atoms with Crippen LogP contribution in [0.3, 0.4) is 0 Å². The van der Waals surface area contributed by atoms with Crippen LogP contribution in [-0.4, -0.2) is 12.5 Å². The smallest absolute Gasteiger partial charge is 0.307 e. The van der Waals surface area contributed by atoms with Crippen LogP contribution >= 0.6 is 0 Å². The zero-order valence-electron chi connectivity index (χ0n) is 19.7. The molecule has 31 heavy (non-hydrogen) atoms. The molecule has 0 radical (unpaired) electrons. The summed E-state index contributed by atoms with van der Waals surface area (Å²) in [5.41, 5.74) is 1.54. The summed E-state index contributed by atoms with van der Waals surface area (Å²) in [6.45, 7) is 2.66. The van der Waals surface area contributed by atoms with Crippen LogP contribution in [0.15, 0.2) is 24.3 Å². The third-order valence-corrected chi connectivity index (χ3v) is 6.45. The van der Waals surface area contributed by atoms with E-state index in [4.69, 9.17) is 11.2 Å². The highest BCUT2D eigenvalue weighted by Crippen LogP contribution is 2.38. The van der Waals surface area contributed by atoms with Crippen LogP contribution in [0.1, 0.15) is 114 Å². The normalized spacial score (nSPS) is 17.3. The van der Waals surface area contributed by atoms with Gasteiger partial charge in [0.1, 0.15) is 0 Å². The number of benzene rings is 1. The number of unbranched alkanes of at least 4 members (excludes halogenated alkanes) is 12. The molecule has 1 atom stereocenters. The summed E-state index contributed by atoms with van der Waals surface area (Å²) in [5, 5.41) is 3.30. The van der Waals surface area contributed by atoms with Crippen LogP contribution < -0.4 is 5.32 Å². The molecule has 1 aliphatic carbocycles. The molecule has 2 rings (SSSR count). The monoisotopic (exact) mass is 425 g/mol. The van der Waals surface area contributed by atoms with Crippen molar-refractivity contribution in [1.29, 1.82) is 0 Å². The van der Waals surface area contributed by atoms with Crippen molar-refractivity contribution in [3.05, 3.63) is 35.4 Å². The first-order valence-electron chi connectivity index (χ1n) is 12.7. The van der Waals surface area contributed by atoms with Crippen LogP contribution in [0.2, 0.25) is 0 Å². The molecule has 0 amide bonds. The number of carbonyl (C=O) groups excluding carboxylic acids is 1. The minimum atomic E-state index is -0.753. The molecule has 1 aromatic carbocycles. The summed E-state index contributed by atoms with van der Waals surface area (Å²) >= 11 is 0. The number of aryl methyl sites for hydroxylation is 1. The van der Waals surface area contributed by atoms with Crippen molar-refractivity contribution in [2.75, 3.05) is 6.54 Å². The molecular formula is C28H43NO2. The number of rotatable bonds is 17. The lowest BCUT2D eigenvalue weighted by Crippen LogP contribution is -2.44. The van der Waals surface area contributed by atoms with Gasteiger partial charge in [-0.15, -0.1) is 6.42 Å². The topological polar surface area (TPSA) is 38.3 Å². The second-order valence-corrected chi connectivity index (χ2v) is 9.01. The predicted octanol–water partition coefficient (Wildman–Crippen LogP) is 7.03. The highest BCUT2D eigenvalue weighted by atomic mass is 16.6. The highest BCUT2D eigenvalue weighted by molar-refractivity contribution is 5.70. The van der Waals surface area contributed by atoms with E-state index >= 15 is 0 Å². The lowest BCUT2D eigenvalue weighted by atomic mass is 10.0. The summed E-state index contributed by atoms with van der Waals surface area (Å²) in [6, 6.07) is 8.18. The van der Waals surface area contributed by atoms with Crippen molar-refractivity contribution >= 4 is 5.97 Å². The Morgan fingerprint density at radius 3 is 2.16 bits per heavy atom. The molecule has 0 bridgehead atoms. The molecule has 1 N–H and O–H groups in total. The maximum atomic E-state index is 12.6. The summed E-state index contributed by atoms with van der Waals surface area (Å²) in [6.07, 6.45) is 24.5. The molecule has 0 saturated carbocycles. The summed E-state index contributed by atoms with van der Waals surface area (Å²) < 4.78 is 5.99. The highest BCUT2D eigenvalue weighted by Gasteiger charge is 2.41. The van der Waals surface area contributed by atoms with Crippen LogP contribution in [0, 0.1) is 12.3 Å². The first-order valence-corrected chi connectivity index (χ1v) is 12.7. The van der Waals surface area contributed by atoms with Gasteiger partial charge in [-0.1, -0.05) is 114 Å². The molecule has 0 saturated heterocycles. The Hall–Kier alpha value is -1.79. The Labute approximate surface area is 190 Å². The minimum absolute atomic E-state index is 0.121. The molecule has 1 aromatic rings. The van der Waals surface area contributed by atoms with Gasteiger partial charge in [0, 0.05) is 18.4 Å². The predicted molar refractivity (Wildman–Crippen MR) is 130 cm³/mol. The zero-order chi connectivity index (χ0) is 22.2. The molecule has 0 aliphatic heterocycles. The number of hydrogen-bond donors (Lipinski definition) is 1. The van der Waals surface area contributed by atoms with Crippen molar-refractivity contribution < 1.29 is 9.53 Å². The Morgan fingerprint density at radius 2 is 1.55 bits per heavy atom. The second kappa shape index (κ2) is 15.1. The van der Waals surface area contributed by atoms with Gasteiger partial charge in [0.15, 0.2) is 5.72 Å². The quantitative estimate of drug-likeness (QED) is 0.126. The van der Waals surface area contributed by atoms with Gasteiger partial charge in [0.25, 0.3) is 0 Å². The molecule has 3 nitrogen and oxygen atoms in total. The standard InChI is InChI=1S/C28H43NO2/c1-3-5-6-7-8-9-10-11-12-13-14-15-16-21-27(30)31-28(29-24-4-2)23-22-25-19-17-18-20-26(25)28/h2,17-20,29H,3,5-16,21-24H2,1H3/t28-/m1/s1. The van der Waals surface area contributed by atoms with Crippen molar-refractivity contribution in [3.63, 3.8) is 0 Å². The van der Waals surface area contributed by atoms with Gasteiger partial charge in [-0.05, 0) is 18.4 Å². The first kappa shape index (κ1) is 25.5. The number of esters is 1. The van der Waals surface area contributed by atoms with E-state index in [2.05, 4.69) is 24.2 Å². The largest absolute Gasteiger partial charge is 0.439 e. The molecule has 172 valence electrons. The average molecular weight is 426 g/mol. The van der Waals surface area contributed by atoms with E-state index in [1.165, 1.54) is 76.2 Å². The molecule has 3 heteroatoms. The Balaban J connectivity index is 1.57. The molecule has 0 aromatic heterocycles. The fourth-order valence-electron chi connectivity index (χ4n) is 4.63. The fourth-order valence-corrected chi connectivity index (χ4v) is 4.63. The molecule has 1 aliphatic rings. The summed E-state index contributed by atoms with van der Waals surface area (Å²) in [4.78, 5) is 12.6. The number of terminal acetylenes is 1. The van der Waals surface area contributed by atoms with Crippen molar-refractivity contribution in [2.45, 2.75) is 115 Å². The minimum Gasteiger partial charge on any atom is -0.439 e. The van der Waals surface area contributed by atoms with Gasteiger partial charge < -0.3 is 4.74 Å². The molecule has 0 heterocycles. The summed E-state index contributed by atoms with van der Waals surface area (Å²) in [7, 11) is 0. The number of hydrogen-bond acceptors (Lipinski definition) is 3. The van der Waals surface area contributed by atoms with Gasteiger partial charge in [-0.3, -0.25) is 10.1 Å². The molecule has 0 fully saturated rings. The van der Waals surface area contributed by atoms with Crippen LogP contribution in [0.4, 0.5) is 0 Å². The van der Waals surface area contributed by atoms with Crippen molar-refractivity contribution in [3.8, 4) is 12.3 Å². The molecule has 0 unspecified atom stereocenters. The maximum Gasteiger partial charge on any atom is 0.307 e. The third-order valence-electron chi connectivity index (χ3n) is 6.45. The van der Waals surface area contributed by atoms with Gasteiger partial charge in [0.05, 0.1) is 6.54 Å². The van der Waals surface area contributed by atoms with Crippen LogP contribution in [-0.2, 0) is 21.7 Å². The lowest BCUT2D eigenvalue weighted by Gasteiger charge is -2.31. The maximum absolute atomic E-state index is 12.6. The van der Waals surface area contributed by atoms with E-state index in [9.17, 15) is 4.79 Å². The second-order valence-electron chi connectivity index (χ2n) is 9.01. The zero-order valence-corrected chi connectivity index (χ0v) is 19.7. The first-order chi connectivity index (χ1) is 15.2. The molecule has 0 spiro atoms. The van der Waals surface area contributed by atoms with Crippen LogP contribution in [0.25, 0.3) is 0 Å². The Bertz CT molecular complexity index is 678. The van der Waals surface area contributed by atoms with Gasteiger partial charge in [-0.25, -0.2) is 0 Å². The van der Waals surface area contributed by atoms with Gasteiger partial charge in [-0.2, -0.15) is 0 Å². The van der Waals surface area contributed by atoms with E-state index in [-0.39, 0.29) is 5.97 Å². The van der Waals surface area contributed by atoms with E-state index in [0.29, 0.717) is 13.0 Å². The fraction of sp³-hybridized carbons (Fsp3) is 0.679.